The zero-order valence-electron chi connectivity index (χ0n) is 9.09. The van der Waals surface area contributed by atoms with E-state index in [4.69, 9.17) is 18.9 Å². The highest BCUT2D eigenvalue weighted by atomic mass is 79.9. The largest absolute Gasteiger partial charge is 0.493 e. The molecule has 0 aliphatic rings. The maximum absolute atomic E-state index is 5.20. The molecule has 4 nitrogen and oxygen atoms in total. The maximum atomic E-state index is 5.20. The number of benzene rings is 1. The van der Waals surface area contributed by atoms with E-state index < -0.39 is 0 Å². The van der Waals surface area contributed by atoms with Crippen LogP contribution in [0.2, 0.25) is 0 Å². The Morgan fingerprint density at radius 3 is 1.47 bits per heavy atom. The quantitative estimate of drug-likeness (QED) is 0.847. The van der Waals surface area contributed by atoms with Gasteiger partial charge in [0.1, 0.15) is 4.47 Å². The van der Waals surface area contributed by atoms with Crippen LogP contribution in [0.5, 0.6) is 23.0 Å². The molecule has 0 aromatic heterocycles. The first-order valence-electron chi connectivity index (χ1n) is 4.22. The van der Waals surface area contributed by atoms with E-state index in [-0.39, 0.29) is 0 Å². The molecular weight excluding hydrogens is 264 g/mol. The summed E-state index contributed by atoms with van der Waals surface area (Å²) in [6.07, 6.45) is 0. The van der Waals surface area contributed by atoms with Gasteiger partial charge < -0.3 is 18.9 Å². The molecule has 0 aliphatic heterocycles. The molecule has 15 heavy (non-hydrogen) atoms. The molecule has 0 spiro atoms. The maximum Gasteiger partial charge on any atom is 0.179 e. The predicted molar refractivity (Wildman–Crippen MR) is 60.4 cm³/mol. The molecule has 0 saturated carbocycles. The van der Waals surface area contributed by atoms with Crippen molar-refractivity contribution >= 4 is 15.9 Å². The van der Waals surface area contributed by atoms with Crippen LogP contribution in [0.4, 0.5) is 0 Å². The van der Waals surface area contributed by atoms with Crippen molar-refractivity contribution in [1.82, 2.24) is 0 Å². The highest BCUT2D eigenvalue weighted by Crippen LogP contribution is 2.47. The van der Waals surface area contributed by atoms with Gasteiger partial charge >= 0.3 is 0 Å². The van der Waals surface area contributed by atoms with Crippen molar-refractivity contribution < 1.29 is 18.9 Å². The summed E-state index contributed by atoms with van der Waals surface area (Å²) >= 11 is 3.37. The van der Waals surface area contributed by atoms with E-state index in [0.717, 1.165) is 0 Å². The van der Waals surface area contributed by atoms with Crippen LogP contribution in [0, 0.1) is 0 Å². The van der Waals surface area contributed by atoms with E-state index in [2.05, 4.69) is 15.9 Å². The molecule has 0 atom stereocenters. The second-order valence-corrected chi connectivity index (χ2v) is 3.45. The van der Waals surface area contributed by atoms with Gasteiger partial charge in [-0.3, -0.25) is 0 Å². The molecular formula is C10H13BrO4. The third-order valence-electron chi connectivity index (χ3n) is 1.96. The normalized spacial score (nSPS) is 9.67. The lowest BCUT2D eigenvalue weighted by Crippen LogP contribution is -1.97. The molecule has 1 aromatic carbocycles. The van der Waals surface area contributed by atoms with Gasteiger partial charge in [-0.25, -0.2) is 0 Å². The van der Waals surface area contributed by atoms with Gasteiger partial charge in [0.05, 0.1) is 28.4 Å². The van der Waals surface area contributed by atoms with Gasteiger partial charge in [0.2, 0.25) is 0 Å². The Bertz CT molecular complexity index is 322. The van der Waals surface area contributed by atoms with Crippen molar-refractivity contribution in [1.29, 1.82) is 0 Å². The second kappa shape index (κ2) is 5.11. The van der Waals surface area contributed by atoms with Crippen LogP contribution in [0.15, 0.2) is 10.5 Å². The van der Waals surface area contributed by atoms with Crippen molar-refractivity contribution in [3.8, 4) is 23.0 Å². The standard InChI is InChI=1S/C10H13BrO4/c1-12-6-5-7(13-2)10(15-4)8(11)9(6)14-3/h5H,1-4H3. The molecule has 1 aromatic rings. The van der Waals surface area contributed by atoms with Crippen molar-refractivity contribution in [3.63, 3.8) is 0 Å². The lowest BCUT2D eigenvalue weighted by atomic mass is 10.2. The molecule has 0 aliphatic carbocycles. The minimum Gasteiger partial charge on any atom is -0.493 e. The Labute approximate surface area is 97.2 Å². The number of hydrogen-bond acceptors (Lipinski definition) is 4. The lowest BCUT2D eigenvalue weighted by molar-refractivity contribution is 0.326. The topological polar surface area (TPSA) is 36.9 Å². The Balaban J connectivity index is 3.41. The summed E-state index contributed by atoms with van der Waals surface area (Å²) in [4.78, 5) is 0. The van der Waals surface area contributed by atoms with Crippen molar-refractivity contribution in [2.75, 3.05) is 28.4 Å². The van der Waals surface area contributed by atoms with Gasteiger partial charge in [-0.2, -0.15) is 0 Å². The molecule has 0 heterocycles. The minimum absolute atomic E-state index is 0.579. The third-order valence-corrected chi connectivity index (χ3v) is 2.68. The first-order chi connectivity index (χ1) is 7.19. The van der Waals surface area contributed by atoms with E-state index in [9.17, 15) is 0 Å². The fourth-order valence-electron chi connectivity index (χ4n) is 1.25. The zero-order valence-corrected chi connectivity index (χ0v) is 10.7. The van der Waals surface area contributed by atoms with Gasteiger partial charge in [0.25, 0.3) is 0 Å². The SMILES string of the molecule is COc1cc(OC)c(OC)c(Br)c1OC. The van der Waals surface area contributed by atoms with E-state index in [0.29, 0.717) is 27.5 Å². The van der Waals surface area contributed by atoms with Gasteiger partial charge in [-0.15, -0.1) is 0 Å². The second-order valence-electron chi connectivity index (χ2n) is 2.66. The smallest absolute Gasteiger partial charge is 0.179 e. The van der Waals surface area contributed by atoms with E-state index >= 15 is 0 Å². The summed E-state index contributed by atoms with van der Waals surface area (Å²) in [5.74, 6) is 2.33. The summed E-state index contributed by atoms with van der Waals surface area (Å²) < 4.78 is 21.4. The average molecular weight is 277 g/mol. The van der Waals surface area contributed by atoms with Crippen LogP contribution >= 0.6 is 15.9 Å². The van der Waals surface area contributed by atoms with Crippen LogP contribution in [0.3, 0.4) is 0 Å². The number of rotatable bonds is 4. The summed E-state index contributed by atoms with van der Waals surface area (Å²) in [5.41, 5.74) is 0. The van der Waals surface area contributed by atoms with Gasteiger partial charge in [-0.05, 0) is 15.9 Å². The van der Waals surface area contributed by atoms with E-state index in [1.165, 1.54) is 0 Å². The van der Waals surface area contributed by atoms with Gasteiger partial charge in [-0.1, -0.05) is 0 Å². The number of methoxy groups -OCH3 is 4. The van der Waals surface area contributed by atoms with Gasteiger partial charge in [0, 0.05) is 6.07 Å². The Morgan fingerprint density at radius 1 is 0.800 bits per heavy atom. The first-order valence-corrected chi connectivity index (χ1v) is 5.01. The summed E-state index contributed by atoms with van der Waals surface area (Å²) in [6.45, 7) is 0. The molecule has 0 amide bonds. The fourth-order valence-corrected chi connectivity index (χ4v) is 1.97. The van der Waals surface area contributed by atoms with Crippen LogP contribution in [-0.2, 0) is 0 Å². The summed E-state index contributed by atoms with van der Waals surface area (Å²) in [6, 6.07) is 1.71. The average Bonchev–Trinajstić information content (AvgIpc) is 2.27. The van der Waals surface area contributed by atoms with Gasteiger partial charge in [0.15, 0.2) is 23.0 Å². The number of halogens is 1. The molecule has 1 rings (SSSR count). The van der Waals surface area contributed by atoms with Crippen molar-refractivity contribution in [2.45, 2.75) is 0 Å². The van der Waals surface area contributed by atoms with Crippen LogP contribution in [-0.4, -0.2) is 28.4 Å². The van der Waals surface area contributed by atoms with E-state index in [1.807, 2.05) is 0 Å². The zero-order chi connectivity index (χ0) is 11.4. The molecule has 0 saturated heterocycles. The highest BCUT2D eigenvalue weighted by Gasteiger charge is 2.18. The van der Waals surface area contributed by atoms with Crippen molar-refractivity contribution in [3.05, 3.63) is 10.5 Å². The number of hydrogen-bond donors (Lipinski definition) is 0. The molecule has 0 N–H and O–H groups in total. The summed E-state index contributed by atoms with van der Waals surface area (Å²) in [7, 11) is 6.26. The fraction of sp³-hybridized carbons (Fsp3) is 0.400. The van der Waals surface area contributed by atoms with Crippen molar-refractivity contribution in [2.24, 2.45) is 0 Å². The third kappa shape index (κ3) is 2.12. The molecule has 84 valence electrons. The van der Waals surface area contributed by atoms with Crippen LogP contribution in [0.25, 0.3) is 0 Å². The van der Waals surface area contributed by atoms with Crippen LogP contribution < -0.4 is 18.9 Å². The molecule has 0 radical (unpaired) electrons. The Kier molecular flexibility index (Phi) is 4.08. The lowest BCUT2D eigenvalue weighted by Gasteiger charge is -2.15. The number of ether oxygens (including phenoxy) is 4. The Hall–Kier alpha value is -1.10. The highest BCUT2D eigenvalue weighted by molar-refractivity contribution is 9.10. The summed E-state index contributed by atoms with van der Waals surface area (Å²) in [5, 5.41) is 0. The van der Waals surface area contributed by atoms with E-state index in [1.54, 1.807) is 34.5 Å². The Morgan fingerprint density at radius 2 is 1.20 bits per heavy atom. The molecule has 0 unspecified atom stereocenters. The molecule has 5 heteroatoms. The van der Waals surface area contributed by atoms with Crippen LogP contribution in [0.1, 0.15) is 0 Å². The molecule has 0 fully saturated rings. The molecule has 0 bridgehead atoms. The first kappa shape index (κ1) is 12.0. The minimum atomic E-state index is 0.579. The predicted octanol–water partition coefficient (Wildman–Crippen LogP) is 2.48. The monoisotopic (exact) mass is 276 g/mol.